The van der Waals surface area contributed by atoms with E-state index in [1.807, 2.05) is 18.2 Å². The Morgan fingerprint density at radius 2 is 2.32 bits per heavy atom. The van der Waals surface area contributed by atoms with Gasteiger partial charge in [-0.25, -0.2) is 4.99 Å². The quantitative estimate of drug-likeness (QED) is 0.648. The topological polar surface area (TPSA) is 63.3 Å². The first kappa shape index (κ1) is 13.5. The molecule has 0 saturated carbocycles. The molecule has 4 nitrogen and oxygen atoms in total. The SMILES string of the molecule is Cc1ccsc1CN=C(N)NCCc1ccccn1. The van der Waals surface area contributed by atoms with E-state index < -0.39 is 0 Å². The number of hydrogen-bond donors (Lipinski definition) is 2. The van der Waals surface area contributed by atoms with E-state index in [4.69, 9.17) is 5.73 Å². The number of hydrogen-bond acceptors (Lipinski definition) is 3. The predicted molar refractivity (Wildman–Crippen MR) is 80.3 cm³/mol. The summed E-state index contributed by atoms with van der Waals surface area (Å²) in [5, 5.41) is 5.18. The number of nitrogens with zero attached hydrogens (tertiary/aromatic N) is 2. The molecule has 0 fully saturated rings. The van der Waals surface area contributed by atoms with E-state index >= 15 is 0 Å². The summed E-state index contributed by atoms with van der Waals surface area (Å²) in [6.45, 7) is 3.48. The fourth-order valence-electron chi connectivity index (χ4n) is 1.64. The van der Waals surface area contributed by atoms with Crippen LogP contribution in [0.25, 0.3) is 0 Å². The third kappa shape index (κ3) is 4.37. The monoisotopic (exact) mass is 274 g/mol. The second-order valence-corrected chi connectivity index (χ2v) is 5.23. The molecule has 100 valence electrons. The molecule has 0 aliphatic heterocycles. The molecule has 0 aliphatic carbocycles. The Morgan fingerprint density at radius 1 is 1.42 bits per heavy atom. The van der Waals surface area contributed by atoms with Crippen molar-refractivity contribution in [2.75, 3.05) is 6.54 Å². The Kier molecular flexibility index (Phi) is 4.92. The van der Waals surface area contributed by atoms with Crippen LogP contribution in [0.5, 0.6) is 0 Å². The van der Waals surface area contributed by atoms with Gasteiger partial charge in [0.15, 0.2) is 5.96 Å². The van der Waals surface area contributed by atoms with Gasteiger partial charge in [0, 0.05) is 29.7 Å². The lowest BCUT2D eigenvalue weighted by molar-refractivity contribution is 0.828. The van der Waals surface area contributed by atoms with Crippen LogP contribution in [0.1, 0.15) is 16.1 Å². The molecule has 2 aromatic rings. The Balaban J connectivity index is 1.75. The van der Waals surface area contributed by atoms with E-state index in [0.717, 1.165) is 18.7 Å². The Morgan fingerprint density at radius 3 is 3.00 bits per heavy atom. The van der Waals surface area contributed by atoms with Gasteiger partial charge in [0.25, 0.3) is 0 Å². The van der Waals surface area contributed by atoms with Gasteiger partial charge < -0.3 is 11.1 Å². The molecule has 0 atom stereocenters. The smallest absolute Gasteiger partial charge is 0.188 e. The maximum absolute atomic E-state index is 5.83. The molecule has 0 bridgehead atoms. The summed E-state index contributed by atoms with van der Waals surface area (Å²) in [5.41, 5.74) is 8.15. The number of aryl methyl sites for hydroxylation is 1. The summed E-state index contributed by atoms with van der Waals surface area (Å²) in [4.78, 5) is 9.85. The maximum atomic E-state index is 5.83. The van der Waals surface area contributed by atoms with Gasteiger partial charge in [0.2, 0.25) is 0 Å². The summed E-state index contributed by atoms with van der Waals surface area (Å²) in [5.74, 6) is 0.490. The van der Waals surface area contributed by atoms with Crippen LogP contribution in [0.4, 0.5) is 0 Å². The zero-order valence-electron chi connectivity index (χ0n) is 11.0. The van der Waals surface area contributed by atoms with Crippen molar-refractivity contribution in [1.29, 1.82) is 0 Å². The highest BCUT2D eigenvalue weighted by Crippen LogP contribution is 2.15. The van der Waals surface area contributed by atoms with Crippen LogP contribution in [-0.4, -0.2) is 17.5 Å². The zero-order chi connectivity index (χ0) is 13.5. The van der Waals surface area contributed by atoms with E-state index in [9.17, 15) is 0 Å². The highest BCUT2D eigenvalue weighted by Gasteiger charge is 1.99. The molecule has 0 aliphatic rings. The van der Waals surface area contributed by atoms with E-state index in [-0.39, 0.29) is 0 Å². The number of rotatable bonds is 5. The number of aromatic nitrogens is 1. The normalized spacial score (nSPS) is 11.5. The summed E-state index contributed by atoms with van der Waals surface area (Å²) in [6, 6.07) is 8.00. The summed E-state index contributed by atoms with van der Waals surface area (Å²) < 4.78 is 0. The molecule has 0 aromatic carbocycles. The average Bonchev–Trinajstić information content (AvgIpc) is 2.83. The second kappa shape index (κ2) is 6.89. The highest BCUT2D eigenvalue weighted by atomic mass is 32.1. The molecule has 2 heterocycles. The maximum Gasteiger partial charge on any atom is 0.188 e. The van der Waals surface area contributed by atoms with Crippen LogP contribution in [0.3, 0.4) is 0 Å². The van der Waals surface area contributed by atoms with Crippen molar-refractivity contribution in [1.82, 2.24) is 10.3 Å². The molecule has 2 rings (SSSR count). The first-order chi connectivity index (χ1) is 9.25. The fourth-order valence-corrected chi connectivity index (χ4v) is 2.47. The lowest BCUT2D eigenvalue weighted by Gasteiger charge is -2.05. The number of nitrogens with one attached hydrogen (secondary N) is 1. The Labute approximate surface area is 117 Å². The largest absolute Gasteiger partial charge is 0.370 e. The summed E-state index contributed by atoms with van der Waals surface area (Å²) >= 11 is 1.71. The molecule has 5 heteroatoms. The molecular formula is C14H18N4S. The molecule has 0 spiro atoms. The van der Waals surface area contributed by atoms with Gasteiger partial charge >= 0.3 is 0 Å². The highest BCUT2D eigenvalue weighted by molar-refractivity contribution is 7.10. The van der Waals surface area contributed by atoms with E-state index in [1.54, 1.807) is 17.5 Å². The minimum atomic E-state index is 0.490. The predicted octanol–water partition coefficient (Wildman–Crippen LogP) is 2.10. The van der Waals surface area contributed by atoms with Crippen molar-refractivity contribution in [2.45, 2.75) is 19.9 Å². The molecule has 0 unspecified atom stereocenters. The second-order valence-electron chi connectivity index (χ2n) is 4.23. The van der Waals surface area contributed by atoms with Crippen LogP contribution in [0, 0.1) is 6.92 Å². The lowest BCUT2D eigenvalue weighted by Crippen LogP contribution is -2.33. The Hall–Kier alpha value is -1.88. The standard InChI is InChI=1S/C14H18N4S/c1-11-6-9-19-13(11)10-18-14(15)17-8-5-12-4-2-3-7-16-12/h2-4,6-7,9H,5,8,10H2,1H3,(H3,15,17,18). The van der Waals surface area contributed by atoms with Crippen LogP contribution < -0.4 is 11.1 Å². The van der Waals surface area contributed by atoms with Gasteiger partial charge in [-0.1, -0.05) is 6.07 Å². The lowest BCUT2D eigenvalue weighted by atomic mass is 10.3. The molecule has 0 radical (unpaired) electrons. The molecule has 0 saturated heterocycles. The van der Waals surface area contributed by atoms with Crippen LogP contribution in [-0.2, 0) is 13.0 Å². The van der Waals surface area contributed by atoms with Crippen molar-refractivity contribution in [3.63, 3.8) is 0 Å². The van der Waals surface area contributed by atoms with Gasteiger partial charge in [0.1, 0.15) is 0 Å². The molecule has 2 aromatic heterocycles. The van der Waals surface area contributed by atoms with Crippen LogP contribution >= 0.6 is 11.3 Å². The van der Waals surface area contributed by atoms with Gasteiger partial charge in [-0.3, -0.25) is 4.98 Å². The average molecular weight is 274 g/mol. The van der Waals surface area contributed by atoms with Crippen LogP contribution in [0.15, 0.2) is 40.8 Å². The molecular weight excluding hydrogens is 256 g/mol. The number of pyridine rings is 1. The number of nitrogens with two attached hydrogens (primary N) is 1. The first-order valence-electron chi connectivity index (χ1n) is 6.22. The van der Waals surface area contributed by atoms with Crippen molar-refractivity contribution in [3.05, 3.63) is 52.0 Å². The number of thiophene rings is 1. The molecule has 3 N–H and O–H groups in total. The fraction of sp³-hybridized carbons (Fsp3) is 0.286. The van der Waals surface area contributed by atoms with Crippen molar-refractivity contribution >= 4 is 17.3 Å². The first-order valence-corrected chi connectivity index (χ1v) is 7.10. The third-order valence-electron chi connectivity index (χ3n) is 2.77. The molecule has 19 heavy (non-hydrogen) atoms. The van der Waals surface area contributed by atoms with E-state index in [2.05, 4.69) is 33.7 Å². The summed E-state index contributed by atoms with van der Waals surface area (Å²) in [7, 11) is 0. The summed E-state index contributed by atoms with van der Waals surface area (Å²) in [6.07, 6.45) is 2.64. The minimum Gasteiger partial charge on any atom is -0.370 e. The van der Waals surface area contributed by atoms with Crippen LogP contribution in [0.2, 0.25) is 0 Å². The molecule has 0 amide bonds. The van der Waals surface area contributed by atoms with Crippen molar-refractivity contribution in [3.8, 4) is 0 Å². The van der Waals surface area contributed by atoms with Gasteiger partial charge in [0.05, 0.1) is 6.54 Å². The van der Waals surface area contributed by atoms with E-state index in [1.165, 1.54) is 10.4 Å². The Bertz CT molecular complexity index is 533. The zero-order valence-corrected chi connectivity index (χ0v) is 11.8. The van der Waals surface area contributed by atoms with E-state index in [0.29, 0.717) is 12.5 Å². The van der Waals surface area contributed by atoms with Crippen molar-refractivity contribution < 1.29 is 0 Å². The van der Waals surface area contributed by atoms with Gasteiger partial charge in [-0.05, 0) is 36.1 Å². The third-order valence-corrected chi connectivity index (χ3v) is 3.78. The van der Waals surface area contributed by atoms with Crippen molar-refractivity contribution in [2.24, 2.45) is 10.7 Å². The van der Waals surface area contributed by atoms with Gasteiger partial charge in [-0.15, -0.1) is 11.3 Å². The van der Waals surface area contributed by atoms with Gasteiger partial charge in [-0.2, -0.15) is 0 Å². The minimum absolute atomic E-state index is 0.490. The number of aliphatic imine (C=N–C) groups is 1. The number of guanidine groups is 1.